The molecule has 0 saturated carbocycles. The molecule has 114 valence electrons. The van der Waals surface area contributed by atoms with E-state index < -0.39 is 11.7 Å². The molecule has 1 aromatic rings. The number of nitrogens with one attached hydrogen (secondary N) is 1. The molecule has 1 atom stereocenters. The lowest BCUT2D eigenvalue weighted by Gasteiger charge is -2.24. The number of halogens is 4. The van der Waals surface area contributed by atoms with Gasteiger partial charge >= 0.3 is 6.18 Å². The van der Waals surface area contributed by atoms with Crippen LogP contribution in [0.1, 0.15) is 25.8 Å². The van der Waals surface area contributed by atoms with Crippen molar-refractivity contribution in [2.24, 2.45) is 0 Å². The number of likely N-dealkylation sites (N-methyl/N-ethyl adjacent to an activating group) is 1. The second-order valence-electron chi connectivity index (χ2n) is 4.85. The standard InChI is InChI=1S/C14H20BrF3N2/c1-4-10(2)20(3)8-7-19-13-9-11(15)5-6-12(13)14(16,17)18/h5-6,9-10,19H,4,7-8H2,1-3H3. The van der Waals surface area contributed by atoms with Crippen LogP contribution in [-0.2, 0) is 6.18 Å². The Balaban J connectivity index is 2.70. The lowest BCUT2D eigenvalue weighted by Crippen LogP contribution is -2.32. The highest BCUT2D eigenvalue weighted by Crippen LogP contribution is 2.36. The van der Waals surface area contributed by atoms with Gasteiger partial charge in [0.2, 0.25) is 0 Å². The first-order valence-electron chi connectivity index (χ1n) is 6.56. The highest BCUT2D eigenvalue weighted by atomic mass is 79.9. The lowest BCUT2D eigenvalue weighted by molar-refractivity contribution is -0.137. The molecule has 20 heavy (non-hydrogen) atoms. The molecule has 0 aromatic heterocycles. The summed E-state index contributed by atoms with van der Waals surface area (Å²) in [5, 5.41) is 2.88. The largest absolute Gasteiger partial charge is 0.418 e. The Morgan fingerprint density at radius 1 is 1.35 bits per heavy atom. The van der Waals surface area contributed by atoms with Crippen LogP contribution in [0.25, 0.3) is 0 Å². The summed E-state index contributed by atoms with van der Waals surface area (Å²) >= 11 is 3.20. The summed E-state index contributed by atoms with van der Waals surface area (Å²) in [6.07, 6.45) is -3.33. The number of alkyl halides is 3. The van der Waals surface area contributed by atoms with Crippen molar-refractivity contribution in [2.75, 3.05) is 25.5 Å². The minimum absolute atomic E-state index is 0.115. The van der Waals surface area contributed by atoms with Gasteiger partial charge in [-0.2, -0.15) is 13.2 Å². The van der Waals surface area contributed by atoms with E-state index in [-0.39, 0.29) is 5.69 Å². The van der Waals surface area contributed by atoms with Crippen molar-refractivity contribution in [2.45, 2.75) is 32.5 Å². The van der Waals surface area contributed by atoms with E-state index in [0.717, 1.165) is 12.5 Å². The van der Waals surface area contributed by atoms with E-state index in [1.807, 2.05) is 7.05 Å². The van der Waals surface area contributed by atoms with Gasteiger partial charge in [0.1, 0.15) is 0 Å². The Hall–Kier alpha value is -0.750. The third kappa shape index (κ3) is 4.98. The number of hydrogen-bond donors (Lipinski definition) is 1. The number of benzene rings is 1. The Morgan fingerprint density at radius 3 is 2.55 bits per heavy atom. The summed E-state index contributed by atoms with van der Waals surface area (Å²) in [4.78, 5) is 2.12. The van der Waals surface area contributed by atoms with Crippen LogP contribution >= 0.6 is 15.9 Å². The van der Waals surface area contributed by atoms with Crippen LogP contribution in [0.4, 0.5) is 18.9 Å². The zero-order chi connectivity index (χ0) is 15.3. The molecule has 0 heterocycles. The van der Waals surface area contributed by atoms with E-state index in [4.69, 9.17) is 0 Å². The fourth-order valence-electron chi connectivity index (χ4n) is 1.81. The normalized spacial score (nSPS) is 13.6. The minimum Gasteiger partial charge on any atom is -0.383 e. The van der Waals surface area contributed by atoms with Crippen molar-refractivity contribution in [3.63, 3.8) is 0 Å². The molecule has 0 bridgehead atoms. The first-order valence-corrected chi connectivity index (χ1v) is 7.35. The molecule has 0 spiro atoms. The average molecular weight is 353 g/mol. The van der Waals surface area contributed by atoms with Gasteiger partial charge in [0.05, 0.1) is 5.56 Å². The molecule has 1 rings (SSSR count). The van der Waals surface area contributed by atoms with Gasteiger partial charge in [-0.3, -0.25) is 0 Å². The molecule has 0 fully saturated rings. The maximum absolute atomic E-state index is 12.9. The summed E-state index contributed by atoms with van der Waals surface area (Å²) in [6, 6.07) is 4.37. The second kappa shape index (κ2) is 7.31. The molecule has 1 unspecified atom stereocenters. The zero-order valence-corrected chi connectivity index (χ0v) is 13.5. The first-order chi connectivity index (χ1) is 9.25. The van der Waals surface area contributed by atoms with Gasteiger partial charge in [-0.15, -0.1) is 0 Å². The molecule has 0 aliphatic carbocycles. The van der Waals surface area contributed by atoms with Crippen LogP contribution in [-0.4, -0.2) is 31.1 Å². The van der Waals surface area contributed by atoms with Gasteiger partial charge in [0.25, 0.3) is 0 Å². The molecule has 0 aliphatic heterocycles. The van der Waals surface area contributed by atoms with Crippen LogP contribution in [0.2, 0.25) is 0 Å². The molecule has 1 aromatic carbocycles. The predicted molar refractivity (Wildman–Crippen MR) is 80.0 cm³/mol. The smallest absolute Gasteiger partial charge is 0.383 e. The fraction of sp³-hybridized carbons (Fsp3) is 0.571. The maximum atomic E-state index is 12.9. The van der Waals surface area contributed by atoms with Crippen molar-refractivity contribution in [1.82, 2.24) is 4.90 Å². The molecule has 0 saturated heterocycles. The highest BCUT2D eigenvalue weighted by Gasteiger charge is 2.33. The number of nitrogens with zero attached hydrogens (tertiary/aromatic N) is 1. The summed E-state index contributed by atoms with van der Waals surface area (Å²) in [5.41, 5.74) is -0.517. The van der Waals surface area contributed by atoms with Gasteiger partial charge in [0, 0.05) is 29.3 Å². The van der Waals surface area contributed by atoms with E-state index in [9.17, 15) is 13.2 Å². The molecular formula is C14H20BrF3N2. The molecule has 1 N–H and O–H groups in total. The van der Waals surface area contributed by atoms with E-state index in [0.29, 0.717) is 23.6 Å². The summed E-state index contributed by atoms with van der Waals surface area (Å²) in [6.45, 7) is 5.35. The Kier molecular flexibility index (Phi) is 6.33. The average Bonchev–Trinajstić information content (AvgIpc) is 2.36. The van der Waals surface area contributed by atoms with Crippen LogP contribution in [0.5, 0.6) is 0 Å². The van der Waals surface area contributed by atoms with Crippen LogP contribution < -0.4 is 5.32 Å². The summed E-state index contributed by atoms with van der Waals surface area (Å²) < 4.78 is 39.3. The molecular weight excluding hydrogens is 333 g/mol. The van der Waals surface area contributed by atoms with Crippen molar-refractivity contribution >= 4 is 21.6 Å². The van der Waals surface area contributed by atoms with Crippen molar-refractivity contribution < 1.29 is 13.2 Å². The second-order valence-corrected chi connectivity index (χ2v) is 5.77. The number of hydrogen-bond acceptors (Lipinski definition) is 2. The van der Waals surface area contributed by atoms with Crippen molar-refractivity contribution in [1.29, 1.82) is 0 Å². The molecule has 0 aliphatic rings. The minimum atomic E-state index is -4.34. The van der Waals surface area contributed by atoms with Gasteiger partial charge in [-0.05, 0) is 38.6 Å². The van der Waals surface area contributed by atoms with E-state index >= 15 is 0 Å². The SMILES string of the molecule is CCC(C)N(C)CCNc1cc(Br)ccc1C(F)(F)F. The van der Waals surface area contributed by atoms with Gasteiger partial charge < -0.3 is 10.2 Å². The number of rotatable bonds is 6. The molecule has 0 amide bonds. The quantitative estimate of drug-likeness (QED) is 0.804. The van der Waals surface area contributed by atoms with Crippen molar-refractivity contribution in [3.8, 4) is 0 Å². The van der Waals surface area contributed by atoms with E-state index in [1.165, 1.54) is 12.1 Å². The topological polar surface area (TPSA) is 15.3 Å². The van der Waals surface area contributed by atoms with Crippen LogP contribution in [0.15, 0.2) is 22.7 Å². The Labute approximate surface area is 126 Å². The van der Waals surface area contributed by atoms with Gasteiger partial charge in [-0.1, -0.05) is 22.9 Å². The van der Waals surface area contributed by atoms with E-state index in [2.05, 4.69) is 40.0 Å². The highest BCUT2D eigenvalue weighted by molar-refractivity contribution is 9.10. The fourth-order valence-corrected chi connectivity index (χ4v) is 2.17. The first kappa shape index (κ1) is 17.3. The van der Waals surface area contributed by atoms with Crippen LogP contribution in [0, 0.1) is 0 Å². The molecule has 0 radical (unpaired) electrons. The number of anilines is 1. The third-order valence-corrected chi connectivity index (χ3v) is 3.90. The monoisotopic (exact) mass is 352 g/mol. The Bertz CT molecular complexity index is 435. The van der Waals surface area contributed by atoms with Gasteiger partial charge in [-0.25, -0.2) is 0 Å². The maximum Gasteiger partial charge on any atom is 0.418 e. The van der Waals surface area contributed by atoms with Crippen molar-refractivity contribution in [3.05, 3.63) is 28.2 Å². The zero-order valence-electron chi connectivity index (χ0n) is 11.9. The molecule has 6 heteroatoms. The third-order valence-electron chi connectivity index (χ3n) is 3.41. The molecule has 2 nitrogen and oxygen atoms in total. The lowest BCUT2D eigenvalue weighted by atomic mass is 10.1. The predicted octanol–water partition coefficient (Wildman–Crippen LogP) is 4.61. The van der Waals surface area contributed by atoms with E-state index in [1.54, 1.807) is 0 Å². The summed E-state index contributed by atoms with van der Waals surface area (Å²) in [5.74, 6) is 0. The van der Waals surface area contributed by atoms with Crippen LogP contribution in [0.3, 0.4) is 0 Å². The Morgan fingerprint density at radius 2 is 2.00 bits per heavy atom. The summed E-state index contributed by atoms with van der Waals surface area (Å²) in [7, 11) is 1.97. The van der Waals surface area contributed by atoms with Gasteiger partial charge in [0.15, 0.2) is 0 Å².